The van der Waals surface area contributed by atoms with Crippen LogP contribution in [0.2, 0.25) is 0 Å². The number of aryl methyl sites for hydroxylation is 1. The monoisotopic (exact) mass is 596 g/mol. The van der Waals surface area contributed by atoms with Crippen molar-refractivity contribution in [1.82, 2.24) is 9.55 Å². The highest BCUT2D eigenvalue weighted by Gasteiger charge is 2.20. The lowest BCUT2D eigenvalue weighted by Gasteiger charge is -2.22. The zero-order valence-corrected chi connectivity index (χ0v) is 27.9. The number of aromatic nitrogens is 2. The molecule has 0 unspecified atom stereocenters. The average Bonchev–Trinajstić information content (AvgIpc) is 3.44. The number of rotatable bonds is 4. The largest absolute Gasteiger partial charge is 0.297 e. The van der Waals surface area contributed by atoms with E-state index in [1.165, 1.54) is 82.2 Å². The van der Waals surface area contributed by atoms with Gasteiger partial charge in [0.25, 0.3) is 0 Å². The summed E-state index contributed by atoms with van der Waals surface area (Å²) in [5.74, 6) is 0.983. The lowest BCUT2D eigenvalue weighted by atomic mass is 9.59. The van der Waals surface area contributed by atoms with E-state index in [-0.39, 0.29) is 0 Å². The molecule has 7 heteroatoms. The molecule has 7 aromatic carbocycles. The van der Waals surface area contributed by atoms with Gasteiger partial charge in [0.05, 0.1) is 11.0 Å². The molecule has 2 nitrogen and oxygen atoms in total. The van der Waals surface area contributed by atoms with Crippen LogP contribution in [0.4, 0.5) is 0 Å². The molecule has 0 atom stereocenters. The first-order valence-corrected chi connectivity index (χ1v) is 16.5. The summed E-state index contributed by atoms with van der Waals surface area (Å²) in [5.41, 5.74) is 17.7. The maximum Gasteiger partial charge on any atom is 0.139 e. The lowest BCUT2D eigenvalue weighted by Crippen LogP contribution is -2.55. The van der Waals surface area contributed by atoms with Crippen LogP contribution in [0.25, 0.3) is 71.6 Å². The number of hydrogen-bond donors (Lipinski definition) is 0. The fourth-order valence-electron chi connectivity index (χ4n) is 7.77. The zero-order chi connectivity index (χ0) is 32.4. The third-order valence-electron chi connectivity index (χ3n) is 10.5. The molecule has 0 bridgehead atoms. The smallest absolute Gasteiger partial charge is 0.139 e. The van der Waals surface area contributed by atoms with Gasteiger partial charge < -0.3 is 0 Å². The molecule has 8 aromatic rings. The number of benzene rings is 7. The van der Waals surface area contributed by atoms with E-state index >= 15 is 0 Å². The van der Waals surface area contributed by atoms with Gasteiger partial charge in [-0.25, -0.2) is 4.98 Å². The third-order valence-corrected chi connectivity index (χ3v) is 10.5. The Hall–Kier alpha value is -5.15. The summed E-state index contributed by atoms with van der Waals surface area (Å²) in [7, 11) is 11.3. The molecule has 0 aliphatic rings. The van der Waals surface area contributed by atoms with Crippen LogP contribution in [-0.2, 0) is 0 Å². The zero-order valence-electron chi connectivity index (χ0n) is 27.9. The van der Waals surface area contributed by atoms with E-state index in [0.29, 0.717) is 0 Å². The molecular formula is C40H33B5N2. The van der Waals surface area contributed by atoms with Crippen molar-refractivity contribution in [2.45, 2.75) is 6.92 Å². The SMILES string of the molecule is Bc1c(B)c(B)c(-c2ccc3c(-c4cccc(-n5c(C)nc6ccccc65)c4)c4ccccc4c(-c4ccccc4)c3c2)c(B)c1B. The molecule has 1 heterocycles. The van der Waals surface area contributed by atoms with Gasteiger partial charge >= 0.3 is 0 Å². The Morgan fingerprint density at radius 2 is 1.00 bits per heavy atom. The molecule has 218 valence electrons. The minimum Gasteiger partial charge on any atom is -0.297 e. The van der Waals surface area contributed by atoms with Crippen molar-refractivity contribution in [1.29, 1.82) is 0 Å². The van der Waals surface area contributed by atoms with Crippen molar-refractivity contribution in [2.24, 2.45) is 0 Å². The van der Waals surface area contributed by atoms with Gasteiger partial charge in [-0.2, -0.15) is 0 Å². The standard InChI is InChI=1S/C40H33B5N2/c1-22-46-31-16-7-8-17-32(31)47(22)26-13-9-12-24(20-26)34-28-15-6-5-14-27(28)33(23-10-3-2-4-11-23)30-21-25(18-19-29(30)34)35-36(41)38(43)40(45)39(44)37(35)42/h2-21H,41-45H2,1H3. The molecule has 8 rings (SSSR count). The van der Waals surface area contributed by atoms with Crippen molar-refractivity contribution in [3.8, 4) is 39.1 Å². The van der Waals surface area contributed by atoms with Crippen LogP contribution in [0.1, 0.15) is 5.82 Å². The first kappa shape index (κ1) is 29.3. The van der Waals surface area contributed by atoms with Crippen molar-refractivity contribution in [2.75, 3.05) is 0 Å². The second-order valence-corrected chi connectivity index (χ2v) is 13.0. The maximum absolute atomic E-state index is 4.87. The number of hydrogen-bond acceptors (Lipinski definition) is 1. The first-order valence-electron chi connectivity index (χ1n) is 16.5. The van der Waals surface area contributed by atoms with E-state index in [9.17, 15) is 0 Å². The number of nitrogens with zero attached hydrogens (tertiary/aromatic N) is 2. The van der Waals surface area contributed by atoms with Crippen LogP contribution in [0.5, 0.6) is 0 Å². The van der Waals surface area contributed by atoms with Crippen molar-refractivity contribution in [3.63, 3.8) is 0 Å². The molecule has 0 aliphatic carbocycles. The van der Waals surface area contributed by atoms with Gasteiger partial charge in [-0.1, -0.05) is 102 Å². The summed E-state index contributed by atoms with van der Waals surface area (Å²) >= 11 is 0. The molecule has 47 heavy (non-hydrogen) atoms. The summed E-state index contributed by atoms with van der Waals surface area (Å²) < 4.78 is 2.27. The molecule has 0 saturated carbocycles. The number of imidazole rings is 1. The highest BCUT2D eigenvalue weighted by Crippen LogP contribution is 2.45. The predicted octanol–water partition coefficient (Wildman–Crippen LogP) is 1.93. The summed E-state index contributed by atoms with van der Waals surface area (Å²) in [4.78, 5) is 4.87. The molecule has 0 amide bonds. The molecular weight excluding hydrogens is 563 g/mol. The first-order chi connectivity index (χ1) is 22.8. The Labute approximate surface area is 280 Å². The van der Waals surface area contributed by atoms with E-state index in [2.05, 4.69) is 172 Å². The van der Waals surface area contributed by atoms with Gasteiger partial charge in [0, 0.05) is 5.69 Å². The van der Waals surface area contributed by atoms with Crippen LogP contribution in [0.3, 0.4) is 0 Å². The third kappa shape index (κ3) is 4.60. The van der Waals surface area contributed by atoms with Gasteiger partial charge in [0.2, 0.25) is 0 Å². The van der Waals surface area contributed by atoms with E-state index in [4.69, 9.17) is 4.98 Å². The van der Waals surface area contributed by atoms with Gasteiger partial charge in [-0.05, 0) is 92.2 Å². The molecule has 0 aliphatic heterocycles. The molecule has 0 radical (unpaired) electrons. The van der Waals surface area contributed by atoms with E-state index in [0.717, 1.165) is 22.5 Å². The quantitative estimate of drug-likeness (QED) is 0.225. The van der Waals surface area contributed by atoms with Gasteiger partial charge in [0.15, 0.2) is 0 Å². The van der Waals surface area contributed by atoms with E-state index in [1.807, 2.05) is 0 Å². The highest BCUT2D eigenvalue weighted by molar-refractivity contribution is 6.68. The van der Waals surface area contributed by atoms with Gasteiger partial charge in [0.1, 0.15) is 45.1 Å². The van der Waals surface area contributed by atoms with Gasteiger partial charge in [-0.15, -0.1) is 16.4 Å². The fraction of sp³-hybridized carbons (Fsp3) is 0.0250. The second-order valence-electron chi connectivity index (χ2n) is 13.0. The van der Waals surface area contributed by atoms with E-state index < -0.39 is 0 Å². The molecule has 0 N–H and O–H groups in total. The summed E-state index contributed by atoms with van der Waals surface area (Å²) in [6, 6.07) is 44.3. The Kier molecular flexibility index (Phi) is 7.02. The fourth-order valence-corrected chi connectivity index (χ4v) is 7.77. The van der Waals surface area contributed by atoms with Gasteiger partial charge in [-0.3, -0.25) is 4.57 Å². The Balaban J connectivity index is 1.47. The molecule has 1 aromatic heterocycles. The number of para-hydroxylation sites is 2. The Morgan fingerprint density at radius 1 is 0.447 bits per heavy atom. The van der Waals surface area contributed by atoms with Crippen LogP contribution in [0.15, 0.2) is 121 Å². The summed E-state index contributed by atoms with van der Waals surface area (Å²) in [5, 5.41) is 5.04. The van der Waals surface area contributed by atoms with Crippen LogP contribution in [-0.4, -0.2) is 48.8 Å². The minimum absolute atomic E-state index is 0.983. The van der Waals surface area contributed by atoms with Crippen molar-refractivity contribution < 1.29 is 0 Å². The summed E-state index contributed by atoms with van der Waals surface area (Å²) in [6.07, 6.45) is 0. The van der Waals surface area contributed by atoms with Crippen LogP contribution >= 0.6 is 0 Å². The average molecular weight is 596 g/mol. The lowest BCUT2D eigenvalue weighted by molar-refractivity contribution is 1.00. The minimum atomic E-state index is 0.983. The van der Waals surface area contributed by atoms with Crippen molar-refractivity contribution >= 4 is 99.1 Å². The molecule has 0 saturated heterocycles. The Morgan fingerprint density at radius 3 is 1.72 bits per heavy atom. The number of fused-ring (bicyclic) bond motifs is 3. The predicted molar refractivity (Wildman–Crippen MR) is 218 cm³/mol. The second kappa shape index (κ2) is 11.3. The highest BCUT2D eigenvalue weighted by atomic mass is 15.1. The molecule has 0 fully saturated rings. The normalized spacial score (nSPS) is 11.5. The maximum atomic E-state index is 4.87. The topological polar surface area (TPSA) is 17.8 Å². The Bertz CT molecular complexity index is 2510. The van der Waals surface area contributed by atoms with Crippen LogP contribution < -0.4 is 27.3 Å². The summed E-state index contributed by atoms with van der Waals surface area (Å²) in [6.45, 7) is 2.09. The van der Waals surface area contributed by atoms with Crippen LogP contribution in [0, 0.1) is 6.92 Å². The molecule has 0 spiro atoms. The van der Waals surface area contributed by atoms with E-state index in [1.54, 1.807) is 0 Å². The van der Waals surface area contributed by atoms with Crippen molar-refractivity contribution in [3.05, 3.63) is 127 Å².